The van der Waals surface area contributed by atoms with Crippen LogP contribution in [0.4, 0.5) is 17.3 Å². The molecule has 1 aliphatic rings. The maximum absolute atomic E-state index is 12.6. The molecule has 1 fully saturated rings. The second-order valence-corrected chi connectivity index (χ2v) is 9.07. The minimum absolute atomic E-state index is 0.391. The van der Waals surface area contributed by atoms with E-state index < -0.39 is 10.0 Å². The summed E-state index contributed by atoms with van der Waals surface area (Å²) in [6.45, 7) is 2.02. The van der Waals surface area contributed by atoms with Crippen molar-refractivity contribution < 1.29 is 8.42 Å². The molecule has 1 saturated heterocycles. The van der Waals surface area contributed by atoms with Crippen molar-refractivity contribution in [3.8, 4) is 0 Å². The lowest BCUT2D eigenvalue weighted by Crippen LogP contribution is -2.48. The van der Waals surface area contributed by atoms with Crippen LogP contribution in [-0.4, -0.2) is 54.1 Å². The van der Waals surface area contributed by atoms with Gasteiger partial charge in [0.25, 0.3) is 10.0 Å². The molecule has 0 spiro atoms. The zero-order chi connectivity index (χ0) is 18.7. The van der Waals surface area contributed by atoms with E-state index in [9.17, 15) is 8.42 Å². The molecule has 140 valence electrons. The molecule has 1 aliphatic heterocycles. The zero-order valence-electron chi connectivity index (χ0n) is 14.4. The molecule has 8 nitrogen and oxygen atoms in total. The normalized spacial score (nSPS) is 15.6. The van der Waals surface area contributed by atoms with Gasteiger partial charge in [-0.05, 0) is 35.7 Å². The van der Waals surface area contributed by atoms with Crippen LogP contribution in [0.5, 0.6) is 0 Å². The van der Waals surface area contributed by atoms with Crippen LogP contribution in [0, 0.1) is 0 Å². The van der Waals surface area contributed by atoms with Gasteiger partial charge in [-0.1, -0.05) is 6.07 Å². The summed E-state index contributed by atoms with van der Waals surface area (Å²) in [6, 6.07) is 10.8. The molecule has 0 aromatic carbocycles. The molecule has 0 aliphatic carbocycles. The lowest BCUT2D eigenvalue weighted by Gasteiger charge is -2.34. The number of nitrogens with zero attached hydrogens (tertiary/aromatic N) is 5. The molecule has 3 aromatic rings. The third kappa shape index (κ3) is 3.92. The highest BCUT2D eigenvalue weighted by Gasteiger charge is 2.29. The number of thiophene rings is 1. The smallest absolute Gasteiger partial charge is 0.252 e. The van der Waals surface area contributed by atoms with E-state index in [0.717, 1.165) is 11.5 Å². The van der Waals surface area contributed by atoms with Gasteiger partial charge in [0.05, 0.1) is 0 Å². The van der Waals surface area contributed by atoms with E-state index in [0.29, 0.717) is 36.2 Å². The molecule has 0 radical (unpaired) electrons. The van der Waals surface area contributed by atoms with E-state index in [-0.39, 0.29) is 0 Å². The Bertz CT molecular complexity index is 970. The number of sulfonamides is 1. The molecule has 0 saturated carbocycles. The average molecular weight is 403 g/mol. The Morgan fingerprint density at radius 1 is 0.963 bits per heavy atom. The third-order valence-corrected chi connectivity index (χ3v) is 7.53. The fourth-order valence-corrected chi connectivity index (χ4v) is 5.41. The Morgan fingerprint density at radius 3 is 2.37 bits per heavy atom. The van der Waals surface area contributed by atoms with Crippen molar-refractivity contribution in [2.45, 2.75) is 4.21 Å². The Labute approximate surface area is 161 Å². The first-order valence-corrected chi connectivity index (χ1v) is 10.7. The van der Waals surface area contributed by atoms with Crippen LogP contribution in [0.2, 0.25) is 0 Å². The van der Waals surface area contributed by atoms with Gasteiger partial charge in [-0.25, -0.2) is 8.42 Å². The summed E-state index contributed by atoms with van der Waals surface area (Å²) in [5.41, 5.74) is 0.888. The summed E-state index contributed by atoms with van der Waals surface area (Å²) in [5.74, 6) is 1.38. The van der Waals surface area contributed by atoms with Crippen molar-refractivity contribution in [3.63, 3.8) is 0 Å². The van der Waals surface area contributed by atoms with Gasteiger partial charge in [-0.15, -0.1) is 21.5 Å². The maximum atomic E-state index is 12.6. The summed E-state index contributed by atoms with van der Waals surface area (Å²) in [7, 11) is -3.39. The summed E-state index contributed by atoms with van der Waals surface area (Å²) in [5, 5.41) is 13.4. The quantitative estimate of drug-likeness (QED) is 0.699. The SMILES string of the molecule is O=S(=O)(c1cccs1)N1CCN(c2ccc(Nc3ccncc3)nn2)CC1. The molecular weight excluding hydrogens is 384 g/mol. The number of aromatic nitrogens is 3. The number of hydrogen-bond acceptors (Lipinski definition) is 8. The predicted molar refractivity (Wildman–Crippen MR) is 105 cm³/mol. The minimum atomic E-state index is -3.39. The summed E-state index contributed by atoms with van der Waals surface area (Å²) in [6.07, 6.45) is 3.40. The summed E-state index contributed by atoms with van der Waals surface area (Å²) >= 11 is 1.25. The fourth-order valence-electron chi connectivity index (χ4n) is 2.84. The van der Waals surface area contributed by atoms with Gasteiger partial charge in [-0.2, -0.15) is 4.31 Å². The number of anilines is 3. The van der Waals surface area contributed by atoms with E-state index in [2.05, 4.69) is 20.5 Å². The summed E-state index contributed by atoms with van der Waals surface area (Å²) < 4.78 is 27.1. The molecular formula is C17H18N6O2S2. The minimum Gasteiger partial charge on any atom is -0.352 e. The molecule has 0 atom stereocenters. The van der Waals surface area contributed by atoms with Crippen molar-refractivity contribution in [2.24, 2.45) is 0 Å². The fraction of sp³-hybridized carbons (Fsp3) is 0.235. The van der Waals surface area contributed by atoms with Gasteiger partial charge in [0.15, 0.2) is 11.6 Å². The second kappa shape index (κ2) is 7.59. The first kappa shape index (κ1) is 17.8. The standard InChI is InChI=1S/C17H18N6O2S2/c24-27(25,17-2-1-13-26-17)23-11-9-22(10-12-23)16-4-3-15(20-21-16)19-14-5-7-18-8-6-14/h1-8,13H,9-12H2,(H,18,19,20). The largest absolute Gasteiger partial charge is 0.352 e. The topological polar surface area (TPSA) is 91.3 Å². The average Bonchev–Trinajstić information content (AvgIpc) is 3.25. The lowest BCUT2D eigenvalue weighted by molar-refractivity contribution is 0.384. The van der Waals surface area contributed by atoms with E-state index in [1.165, 1.54) is 15.6 Å². The van der Waals surface area contributed by atoms with Crippen LogP contribution in [-0.2, 0) is 10.0 Å². The Balaban J connectivity index is 1.38. The molecule has 0 unspecified atom stereocenters. The van der Waals surface area contributed by atoms with Crippen molar-refractivity contribution in [1.29, 1.82) is 0 Å². The van der Waals surface area contributed by atoms with E-state index >= 15 is 0 Å². The van der Waals surface area contributed by atoms with Gasteiger partial charge in [0, 0.05) is 44.3 Å². The van der Waals surface area contributed by atoms with Crippen LogP contribution >= 0.6 is 11.3 Å². The molecule has 3 aromatic heterocycles. The second-order valence-electron chi connectivity index (χ2n) is 5.96. The van der Waals surface area contributed by atoms with Crippen LogP contribution in [0.15, 0.2) is 58.4 Å². The lowest BCUT2D eigenvalue weighted by atomic mass is 10.3. The van der Waals surface area contributed by atoms with Crippen LogP contribution in [0.3, 0.4) is 0 Å². The molecule has 1 N–H and O–H groups in total. The van der Waals surface area contributed by atoms with Gasteiger partial charge >= 0.3 is 0 Å². The Hall–Kier alpha value is -2.56. The van der Waals surface area contributed by atoms with E-state index in [1.807, 2.05) is 29.2 Å². The number of nitrogens with one attached hydrogen (secondary N) is 1. The van der Waals surface area contributed by atoms with E-state index in [1.54, 1.807) is 29.9 Å². The number of pyridine rings is 1. The van der Waals surface area contributed by atoms with Gasteiger partial charge in [-0.3, -0.25) is 4.98 Å². The number of hydrogen-bond donors (Lipinski definition) is 1. The summed E-state index contributed by atoms with van der Waals surface area (Å²) in [4.78, 5) is 6.02. The first-order valence-electron chi connectivity index (χ1n) is 8.42. The molecule has 27 heavy (non-hydrogen) atoms. The van der Waals surface area contributed by atoms with Gasteiger partial charge < -0.3 is 10.2 Å². The highest BCUT2D eigenvalue weighted by molar-refractivity contribution is 7.91. The predicted octanol–water partition coefficient (Wildman–Crippen LogP) is 2.19. The van der Waals surface area contributed by atoms with Gasteiger partial charge in [0.1, 0.15) is 4.21 Å². The third-order valence-electron chi connectivity index (χ3n) is 4.26. The van der Waals surface area contributed by atoms with Crippen molar-refractivity contribution in [2.75, 3.05) is 36.4 Å². The first-order chi connectivity index (χ1) is 13.1. The molecule has 4 rings (SSSR count). The van der Waals surface area contributed by atoms with Crippen molar-refractivity contribution in [3.05, 3.63) is 54.2 Å². The van der Waals surface area contributed by atoms with Crippen molar-refractivity contribution >= 4 is 38.7 Å². The zero-order valence-corrected chi connectivity index (χ0v) is 16.0. The van der Waals surface area contributed by atoms with Crippen LogP contribution < -0.4 is 10.2 Å². The molecule has 10 heteroatoms. The highest BCUT2D eigenvalue weighted by atomic mass is 32.2. The molecule has 0 amide bonds. The number of rotatable bonds is 5. The van der Waals surface area contributed by atoms with Crippen molar-refractivity contribution in [1.82, 2.24) is 19.5 Å². The van der Waals surface area contributed by atoms with Gasteiger partial charge in [0.2, 0.25) is 0 Å². The Morgan fingerprint density at radius 2 is 1.74 bits per heavy atom. The highest BCUT2D eigenvalue weighted by Crippen LogP contribution is 2.23. The van der Waals surface area contributed by atoms with Crippen LogP contribution in [0.1, 0.15) is 0 Å². The maximum Gasteiger partial charge on any atom is 0.252 e. The molecule has 0 bridgehead atoms. The van der Waals surface area contributed by atoms with Crippen LogP contribution in [0.25, 0.3) is 0 Å². The van der Waals surface area contributed by atoms with E-state index in [4.69, 9.17) is 0 Å². The monoisotopic (exact) mass is 402 g/mol. The Kier molecular flexibility index (Phi) is 5.01. The number of piperazine rings is 1. The molecule has 4 heterocycles.